The van der Waals surface area contributed by atoms with Crippen LogP contribution in [0.15, 0.2) is 24.3 Å². The molecule has 1 aromatic rings. The average Bonchev–Trinajstić information content (AvgIpc) is 2.46. The van der Waals surface area contributed by atoms with Gasteiger partial charge in [0.15, 0.2) is 0 Å². The van der Waals surface area contributed by atoms with Gasteiger partial charge in [-0.15, -0.1) is 0 Å². The average molecular weight is 305 g/mol. The zero-order chi connectivity index (χ0) is 16.1. The summed E-state index contributed by atoms with van der Waals surface area (Å²) < 4.78 is 5.65. The molecule has 0 saturated carbocycles. The number of benzene rings is 1. The van der Waals surface area contributed by atoms with Crippen LogP contribution in [0, 0.1) is 0 Å². The van der Waals surface area contributed by atoms with E-state index in [-0.39, 0.29) is 24.0 Å². The van der Waals surface area contributed by atoms with Crippen LogP contribution in [0.2, 0.25) is 0 Å². The van der Waals surface area contributed by atoms with Gasteiger partial charge in [-0.2, -0.15) is 0 Å². The summed E-state index contributed by atoms with van der Waals surface area (Å²) in [5.41, 5.74) is 1.25. The van der Waals surface area contributed by atoms with Crippen LogP contribution in [0.1, 0.15) is 24.2 Å². The molecule has 2 atom stereocenters. The van der Waals surface area contributed by atoms with E-state index in [1.165, 1.54) is 0 Å². The van der Waals surface area contributed by atoms with Gasteiger partial charge >= 0.3 is 0 Å². The summed E-state index contributed by atoms with van der Waals surface area (Å²) >= 11 is 0. The smallest absolute Gasteiger partial charge is 0.251 e. The standard InChI is InChI=1S/C16H23N3O3/c1-11-8-19(9-12(2)22-11)10-15(20)18-14-6-4-13(5-7-14)16(21)17-3/h4-7,11-12H,8-10H2,1-3H3,(H,17,21)(H,18,20)/t11-,12+. The summed E-state index contributed by atoms with van der Waals surface area (Å²) in [6.45, 7) is 5.88. The highest BCUT2D eigenvalue weighted by Crippen LogP contribution is 2.12. The topological polar surface area (TPSA) is 70.7 Å². The van der Waals surface area contributed by atoms with E-state index in [0.717, 1.165) is 13.1 Å². The van der Waals surface area contributed by atoms with Crippen molar-refractivity contribution in [3.8, 4) is 0 Å². The molecular formula is C16H23N3O3. The van der Waals surface area contributed by atoms with E-state index >= 15 is 0 Å². The Kier molecular flexibility index (Phi) is 5.51. The molecule has 2 N–H and O–H groups in total. The van der Waals surface area contributed by atoms with Crippen LogP contribution in [0.4, 0.5) is 5.69 Å². The van der Waals surface area contributed by atoms with Gasteiger partial charge in [0, 0.05) is 31.4 Å². The lowest BCUT2D eigenvalue weighted by atomic mass is 10.2. The highest BCUT2D eigenvalue weighted by Gasteiger charge is 2.23. The Labute approximate surface area is 130 Å². The molecule has 0 unspecified atom stereocenters. The number of amides is 2. The summed E-state index contributed by atoms with van der Waals surface area (Å²) in [6.07, 6.45) is 0.284. The Morgan fingerprint density at radius 2 is 1.77 bits per heavy atom. The third kappa shape index (κ3) is 4.54. The predicted molar refractivity (Wildman–Crippen MR) is 84.9 cm³/mol. The normalized spacial score (nSPS) is 22.1. The van der Waals surface area contributed by atoms with Gasteiger partial charge in [-0.3, -0.25) is 14.5 Å². The Balaban J connectivity index is 1.87. The maximum Gasteiger partial charge on any atom is 0.251 e. The molecule has 6 nitrogen and oxygen atoms in total. The molecule has 6 heteroatoms. The van der Waals surface area contributed by atoms with Crippen molar-refractivity contribution in [3.63, 3.8) is 0 Å². The van der Waals surface area contributed by atoms with Crippen molar-refractivity contribution in [2.45, 2.75) is 26.1 Å². The quantitative estimate of drug-likeness (QED) is 0.874. The van der Waals surface area contributed by atoms with Gasteiger partial charge in [0.1, 0.15) is 0 Å². The number of hydrogen-bond donors (Lipinski definition) is 2. The fraction of sp³-hybridized carbons (Fsp3) is 0.500. The van der Waals surface area contributed by atoms with Crippen LogP contribution in [0.25, 0.3) is 0 Å². The van der Waals surface area contributed by atoms with Gasteiger partial charge in [0.05, 0.1) is 18.8 Å². The molecule has 1 heterocycles. The Morgan fingerprint density at radius 1 is 1.18 bits per heavy atom. The van der Waals surface area contributed by atoms with Crippen molar-refractivity contribution in [1.82, 2.24) is 10.2 Å². The van der Waals surface area contributed by atoms with Gasteiger partial charge in [-0.1, -0.05) is 0 Å². The molecule has 1 fully saturated rings. The Bertz CT molecular complexity index is 520. The summed E-state index contributed by atoms with van der Waals surface area (Å²) in [5.74, 6) is -0.205. The van der Waals surface area contributed by atoms with Gasteiger partial charge < -0.3 is 15.4 Å². The highest BCUT2D eigenvalue weighted by molar-refractivity contribution is 5.96. The first-order valence-corrected chi connectivity index (χ1v) is 7.47. The molecule has 22 heavy (non-hydrogen) atoms. The first kappa shape index (κ1) is 16.5. The highest BCUT2D eigenvalue weighted by atomic mass is 16.5. The first-order valence-electron chi connectivity index (χ1n) is 7.47. The lowest BCUT2D eigenvalue weighted by molar-refractivity contribution is -0.121. The largest absolute Gasteiger partial charge is 0.373 e. The van der Waals surface area contributed by atoms with Crippen molar-refractivity contribution in [2.75, 3.05) is 32.0 Å². The molecule has 120 valence electrons. The van der Waals surface area contributed by atoms with E-state index in [4.69, 9.17) is 4.74 Å². The fourth-order valence-corrected chi connectivity index (χ4v) is 2.67. The third-order valence-electron chi connectivity index (χ3n) is 3.52. The molecule has 0 radical (unpaired) electrons. The van der Waals surface area contributed by atoms with E-state index < -0.39 is 0 Å². The number of ether oxygens (including phenoxy) is 1. The van der Waals surface area contributed by atoms with Crippen LogP contribution < -0.4 is 10.6 Å². The molecule has 2 rings (SSSR count). The van der Waals surface area contributed by atoms with E-state index in [0.29, 0.717) is 17.8 Å². The zero-order valence-electron chi connectivity index (χ0n) is 13.3. The summed E-state index contributed by atoms with van der Waals surface area (Å²) in [7, 11) is 1.59. The number of anilines is 1. The van der Waals surface area contributed by atoms with Crippen molar-refractivity contribution < 1.29 is 14.3 Å². The van der Waals surface area contributed by atoms with Gasteiger partial charge in [0.25, 0.3) is 5.91 Å². The number of hydrogen-bond acceptors (Lipinski definition) is 4. The Morgan fingerprint density at radius 3 is 2.32 bits per heavy atom. The number of nitrogens with one attached hydrogen (secondary N) is 2. The minimum absolute atomic E-state index is 0.0611. The predicted octanol–water partition coefficient (Wildman–Crippen LogP) is 1.09. The second-order valence-electron chi connectivity index (χ2n) is 5.66. The van der Waals surface area contributed by atoms with Gasteiger partial charge in [-0.05, 0) is 38.1 Å². The number of nitrogens with zero attached hydrogens (tertiary/aromatic N) is 1. The summed E-state index contributed by atoms with van der Waals surface area (Å²) in [4.78, 5) is 25.6. The van der Waals surface area contributed by atoms with Crippen molar-refractivity contribution in [2.24, 2.45) is 0 Å². The lowest BCUT2D eigenvalue weighted by Gasteiger charge is -2.34. The number of carbonyl (C=O) groups excluding carboxylic acids is 2. The molecule has 1 aliphatic rings. The second-order valence-corrected chi connectivity index (χ2v) is 5.66. The van der Waals surface area contributed by atoms with Crippen LogP contribution in [-0.2, 0) is 9.53 Å². The van der Waals surface area contributed by atoms with Crippen LogP contribution in [-0.4, -0.2) is 55.6 Å². The molecule has 0 bridgehead atoms. The lowest BCUT2D eigenvalue weighted by Crippen LogP contribution is -2.48. The molecule has 1 aromatic carbocycles. The zero-order valence-corrected chi connectivity index (χ0v) is 13.3. The van der Waals surface area contributed by atoms with E-state index in [2.05, 4.69) is 15.5 Å². The van der Waals surface area contributed by atoms with Crippen LogP contribution >= 0.6 is 0 Å². The van der Waals surface area contributed by atoms with Gasteiger partial charge in [-0.25, -0.2) is 0 Å². The number of carbonyl (C=O) groups is 2. The third-order valence-corrected chi connectivity index (χ3v) is 3.52. The molecule has 0 spiro atoms. The monoisotopic (exact) mass is 305 g/mol. The maximum absolute atomic E-state index is 12.1. The molecule has 0 aliphatic carbocycles. The van der Waals surface area contributed by atoms with Gasteiger partial charge in [0.2, 0.25) is 5.91 Å². The van der Waals surface area contributed by atoms with Crippen LogP contribution in [0.5, 0.6) is 0 Å². The molecule has 1 aliphatic heterocycles. The SMILES string of the molecule is CNC(=O)c1ccc(NC(=O)CN2C[C@@H](C)O[C@@H](C)C2)cc1. The molecule has 0 aromatic heterocycles. The minimum Gasteiger partial charge on any atom is -0.373 e. The van der Waals surface area contributed by atoms with E-state index in [9.17, 15) is 9.59 Å². The van der Waals surface area contributed by atoms with Crippen molar-refractivity contribution in [1.29, 1.82) is 0 Å². The summed E-state index contributed by atoms with van der Waals surface area (Å²) in [6, 6.07) is 6.83. The number of rotatable bonds is 4. The molecular weight excluding hydrogens is 282 g/mol. The van der Waals surface area contributed by atoms with Crippen molar-refractivity contribution in [3.05, 3.63) is 29.8 Å². The summed E-state index contributed by atoms with van der Waals surface area (Å²) in [5, 5.41) is 5.41. The first-order chi connectivity index (χ1) is 10.5. The second kappa shape index (κ2) is 7.38. The van der Waals surface area contributed by atoms with Crippen molar-refractivity contribution >= 4 is 17.5 Å². The van der Waals surface area contributed by atoms with E-state index in [1.54, 1.807) is 31.3 Å². The molecule has 1 saturated heterocycles. The fourth-order valence-electron chi connectivity index (χ4n) is 2.67. The van der Waals surface area contributed by atoms with Crippen LogP contribution in [0.3, 0.4) is 0 Å². The maximum atomic E-state index is 12.1. The van der Waals surface area contributed by atoms with E-state index in [1.807, 2.05) is 13.8 Å². The Hall–Kier alpha value is -1.92. The minimum atomic E-state index is -0.144. The number of morpholine rings is 1. The molecule has 2 amide bonds.